The van der Waals surface area contributed by atoms with Gasteiger partial charge in [0, 0.05) is 29.4 Å². The molecular formula is C36H40FN2NaO7. The number of amides is 1. The number of carboxylic acid groups (broad SMARTS) is 1. The number of carbonyl (C=O) groups excluding carboxylic acids is 2. The van der Waals surface area contributed by atoms with Gasteiger partial charge in [-0.25, -0.2) is 9.18 Å². The van der Waals surface area contributed by atoms with Crippen molar-refractivity contribution in [3.8, 4) is 22.3 Å². The summed E-state index contributed by atoms with van der Waals surface area (Å²) in [5.74, 6) is -2.37. The Morgan fingerprint density at radius 2 is 1.49 bits per heavy atom. The normalized spacial score (nSPS) is 12.2. The Morgan fingerprint density at radius 1 is 0.872 bits per heavy atom. The number of aliphatic hydroxyl groups excluding tert-OH is 2. The molecule has 0 fully saturated rings. The number of hydrogen-bond donors (Lipinski definition) is 4. The van der Waals surface area contributed by atoms with Crippen LogP contribution in [0.1, 0.15) is 71.3 Å². The van der Waals surface area contributed by atoms with Gasteiger partial charge in [-0.15, -0.1) is 0 Å². The monoisotopic (exact) mass is 654 g/mol. The minimum absolute atomic E-state index is 0. The van der Waals surface area contributed by atoms with Crippen LogP contribution in [-0.4, -0.2) is 86.6 Å². The van der Waals surface area contributed by atoms with Crippen molar-refractivity contribution in [2.45, 2.75) is 64.3 Å². The number of ether oxygens (including phenoxy) is 1. The van der Waals surface area contributed by atoms with Crippen LogP contribution in [0.15, 0.2) is 78.9 Å². The number of halogens is 1. The predicted octanol–water partition coefficient (Wildman–Crippen LogP) is 5.13. The molecule has 4 aromatic rings. The SMILES string of the molecule is COC(=O)c1ccc(CNC(=O)c2c(-c3ccccc3)c(-c3ccc(F)cc3)c(CC[C@@H](O)C[C@@H](O)CC(=O)O)n2C(C)C)cc1.[NaH]. The van der Waals surface area contributed by atoms with Crippen LogP contribution in [0, 0.1) is 5.82 Å². The molecule has 1 amide bonds. The summed E-state index contributed by atoms with van der Waals surface area (Å²) < 4.78 is 20.8. The van der Waals surface area contributed by atoms with Crippen molar-refractivity contribution in [2.24, 2.45) is 0 Å². The van der Waals surface area contributed by atoms with Gasteiger partial charge in [-0.1, -0.05) is 54.6 Å². The molecule has 244 valence electrons. The summed E-state index contributed by atoms with van der Waals surface area (Å²) in [6, 6.07) is 22.0. The zero-order valence-corrected chi connectivity index (χ0v) is 26.1. The third-order valence-corrected chi connectivity index (χ3v) is 7.73. The van der Waals surface area contributed by atoms with E-state index in [1.165, 1.54) is 19.2 Å². The molecule has 1 aromatic heterocycles. The number of hydrogen-bond acceptors (Lipinski definition) is 6. The molecule has 0 spiro atoms. The van der Waals surface area contributed by atoms with E-state index in [1.54, 1.807) is 36.4 Å². The summed E-state index contributed by atoms with van der Waals surface area (Å²) in [5, 5.41) is 32.9. The van der Waals surface area contributed by atoms with Crippen molar-refractivity contribution in [2.75, 3.05) is 7.11 Å². The Labute approximate surface area is 295 Å². The predicted molar refractivity (Wildman–Crippen MR) is 179 cm³/mol. The first kappa shape index (κ1) is 37.7. The molecule has 1 heterocycles. The van der Waals surface area contributed by atoms with Crippen LogP contribution < -0.4 is 5.32 Å². The van der Waals surface area contributed by atoms with Gasteiger partial charge in [-0.2, -0.15) is 0 Å². The van der Waals surface area contributed by atoms with Gasteiger partial charge in [0.2, 0.25) is 0 Å². The van der Waals surface area contributed by atoms with E-state index in [0.717, 1.165) is 16.8 Å². The number of aromatic nitrogens is 1. The summed E-state index contributed by atoms with van der Waals surface area (Å²) in [5.41, 5.74) is 5.10. The Bertz CT molecular complexity index is 1660. The van der Waals surface area contributed by atoms with E-state index in [1.807, 2.05) is 48.7 Å². The minimum atomic E-state index is -1.20. The van der Waals surface area contributed by atoms with E-state index in [2.05, 4.69) is 5.32 Å². The van der Waals surface area contributed by atoms with Crippen molar-refractivity contribution in [1.29, 1.82) is 0 Å². The molecule has 0 radical (unpaired) electrons. The standard InChI is InChI=1S/C36H39FN2O7.Na.H/c1-22(2)39-30(18-17-28(40)19-29(41)20-31(42)43)32(25-13-15-27(37)16-14-25)33(24-7-5-4-6-8-24)34(39)35(44)38-21-23-9-11-26(12-10-23)36(45)46-3;;/h4-16,22,28-29,40-41H,17-21H2,1-3H3,(H,38,44)(H,42,43);;/t28-,29-;;/m1../s1. The summed E-state index contributed by atoms with van der Waals surface area (Å²) >= 11 is 0. The zero-order chi connectivity index (χ0) is 33.4. The quantitative estimate of drug-likeness (QED) is 0.109. The number of esters is 1. The van der Waals surface area contributed by atoms with Gasteiger partial charge >= 0.3 is 41.5 Å². The number of carbonyl (C=O) groups is 3. The molecule has 2 atom stereocenters. The second-order valence-corrected chi connectivity index (χ2v) is 11.4. The number of nitrogens with zero attached hydrogens (tertiary/aromatic N) is 1. The molecule has 9 nitrogen and oxygen atoms in total. The second kappa shape index (κ2) is 17.4. The van der Waals surface area contributed by atoms with Gasteiger partial charge in [0.05, 0.1) is 31.3 Å². The molecule has 47 heavy (non-hydrogen) atoms. The summed E-state index contributed by atoms with van der Waals surface area (Å²) in [7, 11) is 1.31. The van der Waals surface area contributed by atoms with E-state index in [9.17, 15) is 29.0 Å². The summed E-state index contributed by atoms with van der Waals surface area (Å²) in [4.78, 5) is 37.1. The molecule has 11 heteroatoms. The first-order valence-electron chi connectivity index (χ1n) is 15.1. The third kappa shape index (κ3) is 9.62. The van der Waals surface area contributed by atoms with Crippen molar-refractivity contribution in [3.63, 3.8) is 0 Å². The van der Waals surface area contributed by atoms with Crippen LogP contribution in [0.2, 0.25) is 0 Å². The Balaban J connectivity index is 0.00000600. The van der Waals surface area contributed by atoms with Gasteiger partial charge < -0.3 is 29.9 Å². The van der Waals surface area contributed by atoms with Gasteiger partial charge in [0.1, 0.15) is 11.5 Å². The molecule has 0 aliphatic heterocycles. The zero-order valence-electron chi connectivity index (χ0n) is 26.1. The fourth-order valence-electron chi connectivity index (χ4n) is 5.65. The summed E-state index contributed by atoms with van der Waals surface area (Å²) in [6.45, 7) is 4.07. The van der Waals surface area contributed by atoms with E-state index in [4.69, 9.17) is 9.84 Å². The van der Waals surface area contributed by atoms with E-state index >= 15 is 0 Å². The van der Waals surface area contributed by atoms with E-state index < -0.39 is 36.4 Å². The van der Waals surface area contributed by atoms with Crippen LogP contribution in [0.25, 0.3) is 22.3 Å². The van der Waals surface area contributed by atoms with E-state index in [-0.39, 0.29) is 67.3 Å². The molecular weight excluding hydrogens is 614 g/mol. The van der Waals surface area contributed by atoms with Gasteiger partial charge in [0.25, 0.3) is 5.91 Å². The average molecular weight is 655 g/mol. The Morgan fingerprint density at radius 3 is 2.06 bits per heavy atom. The maximum atomic E-state index is 14.2. The van der Waals surface area contributed by atoms with Gasteiger partial charge in [0.15, 0.2) is 0 Å². The molecule has 0 saturated carbocycles. The fraction of sp³-hybridized carbons (Fsp3) is 0.306. The average Bonchev–Trinajstić information content (AvgIpc) is 3.38. The number of benzene rings is 3. The molecule has 4 N–H and O–H groups in total. The van der Waals surface area contributed by atoms with Crippen molar-refractivity contribution in [1.82, 2.24) is 9.88 Å². The van der Waals surface area contributed by atoms with Crippen LogP contribution in [-0.2, 0) is 22.5 Å². The Kier molecular flexibility index (Phi) is 13.9. The van der Waals surface area contributed by atoms with E-state index in [0.29, 0.717) is 27.9 Å². The van der Waals surface area contributed by atoms with Gasteiger partial charge in [-0.05, 0) is 74.1 Å². The van der Waals surface area contributed by atoms with Crippen LogP contribution in [0.3, 0.4) is 0 Å². The molecule has 0 aliphatic rings. The van der Waals surface area contributed by atoms with Crippen LogP contribution in [0.5, 0.6) is 0 Å². The van der Waals surface area contributed by atoms with Crippen LogP contribution in [0.4, 0.5) is 4.39 Å². The Hall–Kier alpha value is -3.80. The molecule has 0 saturated heterocycles. The number of rotatable bonds is 14. The number of aliphatic hydroxyl groups is 2. The molecule has 0 aliphatic carbocycles. The number of aliphatic carboxylic acids is 1. The molecule has 3 aromatic carbocycles. The molecule has 4 rings (SSSR count). The van der Waals surface area contributed by atoms with Crippen molar-refractivity contribution >= 4 is 47.4 Å². The number of carboxylic acids is 1. The number of nitrogens with one attached hydrogen (secondary N) is 1. The first-order valence-corrected chi connectivity index (χ1v) is 15.1. The molecule has 0 bridgehead atoms. The van der Waals surface area contributed by atoms with Crippen molar-refractivity contribution in [3.05, 3.63) is 107 Å². The van der Waals surface area contributed by atoms with Gasteiger partial charge in [-0.3, -0.25) is 9.59 Å². The first-order chi connectivity index (χ1) is 22.0. The van der Waals surface area contributed by atoms with Crippen LogP contribution >= 0.6 is 0 Å². The third-order valence-electron chi connectivity index (χ3n) is 7.73. The molecule has 0 unspecified atom stereocenters. The summed E-state index contributed by atoms with van der Waals surface area (Å²) in [6.07, 6.45) is -2.33. The van der Waals surface area contributed by atoms with Crippen molar-refractivity contribution < 1.29 is 38.8 Å². The second-order valence-electron chi connectivity index (χ2n) is 11.4. The maximum absolute atomic E-state index is 14.2. The number of methoxy groups -OCH3 is 1. The topological polar surface area (TPSA) is 138 Å². The fourth-order valence-corrected chi connectivity index (χ4v) is 5.65.